The first-order valence-corrected chi connectivity index (χ1v) is 5.90. The Morgan fingerprint density at radius 2 is 1.79 bits per heavy atom. The Balaban J connectivity index is 0.000000791. The van der Waals surface area contributed by atoms with Gasteiger partial charge in [-0.05, 0) is 26.4 Å². The molecule has 0 atom stereocenters. The largest absolute Gasteiger partial charge is 0.318 e. The molecule has 0 radical (unpaired) electrons. The number of likely N-dealkylation sites (tertiary alicyclic amines) is 1. The second-order valence-corrected chi connectivity index (χ2v) is 3.61. The molecular weight excluding hydrogens is 174 g/mol. The minimum absolute atomic E-state index is 0.725. The van der Waals surface area contributed by atoms with E-state index in [-0.39, 0.29) is 0 Å². The zero-order valence-electron chi connectivity index (χ0n) is 10.3. The molecule has 0 aromatic carbocycles. The summed E-state index contributed by atoms with van der Waals surface area (Å²) in [5.74, 6) is 0. The fraction of sp³-hybridized carbons (Fsp3) is 1.00. The number of piperidine rings is 1. The highest BCUT2D eigenvalue weighted by Gasteiger charge is 2.20. The zero-order valence-corrected chi connectivity index (χ0v) is 10.3. The maximum atomic E-state index is 5.57. The van der Waals surface area contributed by atoms with Gasteiger partial charge in [-0.1, -0.05) is 20.8 Å². The number of hydrogen-bond acceptors (Lipinski definition) is 3. The standard InChI is InChI=1S/C9H21N3.C2H6/c1-3-11(2)9-4-6-12(8-10)7-5-9;1-2/h9H,3-8,10H2,1-2H3;1-2H3. The van der Waals surface area contributed by atoms with Crippen molar-refractivity contribution < 1.29 is 0 Å². The van der Waals surface area contributed by atoms with Gasteiger partial charge in [0.2, 0.25) is 0 Å². The molecule has 2 N–H and O–H groups in total. The van der Waals surface area contributed by atoms with Crippen LogP contribution < -0.4 is 5.73 Å². The Morgan fingerprint density at radius 1 is 1.29 bits per heavy atom. The average molecular weight is 201 g/mol. The molecule has 0 saturated carbocycles. The van der Waals surface area contributed by atoms with Gasteiger partial charge in [0, 0.05) is 25.8 Å². The molecule has 0 unspecified atom stereocenters. The molecule has 1 aliphatic heterocycles. The highest BCUT2D eigenvalue weighted by molar-refractivity contribution is 4.76. The van der Waals surface area contributed by atoms with Crippen LogP contribution in [0, 0.1) is 0 Å². The summed E-state index contributed by atoms with van der Waals surface area (Å²) in [6, 6.07) is 0.790. The summed E-state index contributed by atoms with van der Waals surface area (Å²) in [5.41, 5.74) is 5.57. The van der Waals surface area contributed by atoms with Gasteiger partial charge in [-0.3, -0.25) is 4.90 Å². The van der Waals surface area contributed by atoms with Gasteiger partial charge in [0.15, 0.2) is 0 Å². The van der Waals surface area contributed by atoms with Crippen LogP contribution in [0.3, 0.4) is 0 Å². The molecule has 0 spiro atoms. The van der Waals surface area contributed by atoms with Crippen LogP contribution >= 0.6 is 0 Å². The summed E-state index contributed by atoms with van der Waals surface area (Å²) in [4.78, 5) is 4.76. The Bertz CT molecular complexity index is 120. The number of rotatable bonds is 3. The molecule has 0 bridgehead atoms. The van der Waals surface area contributed by atoms with Crippen molar-refractivity contribution in [1.29, 1.82) is 0 Å². The SMILES string of the molecule is CC.CCN(C)C1CCN(CN)CC1. The van der Waals surface area contributed by atoms with Gasteiger partial charge >= 0.3 is 0 Å². The zero-order chi connectivity index (χ0) is 11.0. The minimum Gasteiger partial charge on any atom is -0.318 e. The maximum Gasteiger partial charge on any atom is 0.0455 e. The van der Waals surface area contributed by atoms with Crippen LogP contribution in [-0.4, -0.2) is 49.2 Å². The van der Waals surface area contributed by atoms with E-state index < -0.39 is 0 Å². The Morgan fingerprint density at radius 3 is 2.14 bits per heavy atom. The summed E-state index contributed by atoms with van der Waals surface area (Å²) < 4.78 is 0. The summed E-state index contributed by atoms with van der Waals surface area (Å²) in [7, 11) is 2.21. The van der Waals surface area contributed by atoms with Crippen molar-refractivity contribution in [3.8, 4) is 0 Å². The second kappa shape index (κ2) is 8.21. The lowest BCUT2D eigenvalue weighted by atomic mass is 10.0. The molecule has 1 aliphatic rings. The van der Waals surface area contributed by atoms with Crippen molar-refractivity contribution in [3.63, 3.8) is 0 Å². The highest BCUT2D eigenvalue weighted by Crippen LogP contribution is 2.13. The smallest absolute Gasteiger partial charge is 0.0455 e. The number of hydrogen-bond donors (Lipinski definition) is 1. The molecule has 3 nitrogen and oxygen atoms in total. The van der Waals surface area contributed by atoms with Gasteiger partial charge in [-0.2, -0.15) is 0 Å². The lowest BCUT2D eigenvalue weighted by molar-refractivity contribution is 0.134. The summed E-state index contributed by atoms with van der Waals surface area (Å²) in [5, 5.41) is 0. The first-order valence-electron chi connectivity index (χ1n) is 5.90. The summed E-state index contributed by atoms with van der Waals surface area (Å²) >= 11 is 0. The normalized spacial score (nSPS) is 19.3. The molecule has 0 aromatic rings. The van der Waals surface area contributed by atoms with Gasteiger partial charge in [-0.15, -0.1) is 0 Å². The van der Waals surface area contributed by atoms with E-state index >= 15 is 0 Å². The van der Waals surface area contributed by atoms with Gasteiger partial charge in [0.1, 0.15) is 0 Å². The minimum atomic E-state index is 0.725. The Labute approximate surface area is 89.2 Å². The lowest BCUT2D eigenvalue weighted by Crippen LogP contribution is -2.44. The van der Waals surface area contributed by atoms with Crippen molar-refractivity contribution in [3.05, 3.63) is 0 Å². The van der Waals surface area contributed by atoms with E-state index in [4.69, 9.17) is 5.73 Å². The monoisotopic (exact) mass is 201 g/mol. The molecule has 14 heavy (non-hydrogen) atoms. The first kappa shape index (κ1) is 13.9. The first-order chi connectivity index (χ1) is 6.77. The number of nitrogens with zero attached hydrogens (tertiary/aromatic N) is 2. The van der Waals surface area contributed by atoms with Crippen LogP contribution in [0.2, 0.25) is 0 Å². The Kier molecular flexibility index (Phi) is 8.14. The second-order valence-electron chi connectivity index (χ2n) is 3.61. The highest BCUT2D eigenvalue weighted by atomic mass is 15.2. The van der Waals surface area contributed by atoms with E-state index in [0.717, 1.165) is 19.3 Å². The van der Waals surface area contributed by atoms with Gasteiger partial charge in [-0.25, -0.2) is 0 Å². The maximum absolute atomic E-state index is 5.57. The predicted octanol–water partition coefficient (Wildman–Crippen LogP) is 1.34. The third-order valence-electron chi connectivity index (χ3n) is 2.94. The van der Waals surface area contributed by atoms with Gasteiger partial charge in [0.05, 0.1) is 0 Å². The third-order valence-corrected chi connectivity index (χ3v) is 2.94. The molecule has 0 amide bonds. The number of nitrogens with two attached hydrogens (primary N) is 1. The molecule has 1 heterocycles. The van der Waals surface area contributed by atoms with Crippen molar-refractivity contribution in [2.75, 3.05) is 33.4 Å². The van der Waals surface area contributed by atoms with Crippen molar-refractivity contribution in [2.45, 2.75) is 39.7 Å². The summed E-state index contributed by atoms with van der Waals surface area (Å²) in [6.45, 7) is 10.4. The van der Waals surface area contributed by atoms with Crippen LogP contribution in [0.4, 0.5) is 0 Å². The topological polar surface area (TPSA) is 32.5 Å². The van der Waals surface area contributed by atoms with Crippen molar-refractivity contribution >= 4 is 0 Å². The molecular formula is C11H27N3. The summed E-state index contributed by atoms with van der Waals surface area (Å²) in [6.07, 6.45) is 2.56. The molecule has 1 rings (SSSR count). The molecule has 3 heteroatoms. The van der Waals surface area contributed by atoms with E-state index in [0.29, 0.717) is 0 Å². The van der Waals surface area contributed by atoms with E-state index in [9.17, 15) is 0 Å². The lowest BCUT2D eigenvalue weighted by Gasteiger charge is -2.35. The molecule has 1 fully saturated rings. The molecule has 1 saturated heterocycles. The average Bonchev–Trinajstić information content (AvgIpc) is 2.31. The molecule has 0 aromatic heterocycles. The van der Waals surface area contributed by atoms with Gasteiger partial charge in [0.25, 0.3) is 0 Å². The molecule has 86 valence electrons. The molecule has 0 aliphatic carbocycles. The van der Waals surface area contributed by atoms with Crippen LogP contribution in [0.15, 0.2) is 0 Å². The van der Waals surface area contributed by atoms with Crippen LogP contribution in [0.1, 0.15) is 33.6 Å². The third kappa shape index (κ3) is 4.40. The van der Waals surface area contributed by atoms with Gasteiger partial charge < -0.3 is 10.6 Å². The van der Waals surface area contributed by atoms with Crippen molar-refractivity contribution in [1.82, 2.24) is 9.80 Å². The van der Waals surface area contributed by atoms with E-state index in [1.54, 1.807) is 0 Å². The Hall–Kier alpha value is -0.120. The van der Waals surface area contributed by atoms with Crippen LogP contribution in [0.25, 0.3) is 0 Å². The fourth-order valence-corrected chi connectivity index (χ4v) is 1.80. The fourth-order valence-electron chi connectivity index (χ4n) is 1.80. The van der Waals surface area contributed by atoms with E-state index in [1.807, 2.05) is 13.8 Å². The predicted molar refractivity (Wildman–Crippen MR) is 63.3 cm³/mol. The van der Waals surface area contributed by atoms with Crippen LogP contribution in [-0.2, 0) is 0 Å². The van der Waals surface area contributed by atoms with Crippen LogP contribution in [0.5, 0.6) is 0 Å². The van der Waals surface area contributed by atoms with E-state index in [2.05, 4.69) is 23.8 Å². The van der Waals surface area contributed by atoms with Crippen molar-refractivity contribution in [2.24, 2.45) is 5.73 Å². The van der Waals surface area contributed by atoms with E-state index in [1.165, 1.54) is 25.9 Å². The quantitative estimate of drug-likeness (QED) is 0.748.